The Hall–Kier alpha value is -2.26. The first-order valence-corrected chi connectivity index (χ1v) is 13.1. The predicted molar refractivity (Wildman–Crippen MR) is 121 cm³/mol. The zero-order valence-electron chi connectivity index (χ0n) is 18.5. The second-order valence-electron chi connectivity index (χ2n) is 8.97. The van der Waals surface area contributed by atoms with Gasteiger partial charge in [-0.15, -0.1) is 10.2 Å². The topological polar surface area (TPSA) is 122 Å². The van der Waals surface area contributed by atoms with Crippen molar-refractivity contribution in [3.63, 3.8) is 0 Å². The number of sulfonamides is 1. The number of nitrogens with zero attached hydrogens (tertiary/aromatic N) is 5. The van der Waals surface area contributed by atoms with Gasteiger partial charge in [0, 0.05) is 24.8 Å². The maximum atomic E-state index is 13.3. The lowest BCUT2D eigenvalue weighted by Gasteiger charge is -2.37. The first kappa shape index (κ1) is 23.5. The summed E-state index contributed by atoms with van der Waals surface area (Å²) in [6, 6.07) is 1.55. The normalized spacial score (nSPS) is 22.6. The number of imidazole rings is 1. The molecular weight excluding hydrogens is 490 g/mol. The number of nitrogens with one attached hydrogen (secondary N) is 1. The molecule has 3 aromatic heterocycles. The van der Waals surface area contributed by atoms with Gasteiger partial charge < -0.3 is 14.7 Å². The van der Waals surface area contributed by atoms with Gasteiger partial charge in [-0.3, -0.25) is 4.40 Å². The van der Waals surface area contributed by atoms with E-state index in [0.717, 1.165) is 24.2 Å². The Morgan fingerprint density at radius 3 is 2.76 bits per heavy atom. The summed E-state index contributed by atoms with van der Waals surface area (Å²) in [7, 11) is -3.88. The molecule has 1 saturated carbocycles. The summed E-state index contributed by atoms with van der Waals surface area (Å²) in [5.41, 5.74) is 0.843. The van der Waals surface area contributed by atoms with E-state index >= 15 is 0 Å². The van der Waals surface area contributed by atoms with E-state index < -0.39 is 33.1 Å². The van der Waals surface area contributed by atoms with Crippen LogP contribution in [0, 0.1) is 0 Å². The number of rotatable bonds is 7. The first-order chi connectivity index (χ1) is 16.1. The van der Waals surface area contributed by atoms with E-state index in [4.69, 9.17) is 4.74 Å². The molecule has 3 aromatic rings. The Kier molecular flexibility index (Phi) is 5.83. The number of ether oxygens (including phenoxy) is 1. The number of pyridine rings is 1. The molecule has 1 saturated heterocycles. The van der Waals surface area contributed by atoms with Crippen molar-refractivity contribution in [1.82, 2.24) is 24.3 Å². The fourth-order valence-corrected chi connectivity index (χ4v) is 6.21. The highest BCUT2D eigenvalue weighted by molar-refractivity contribution is 7.89. The minimum Gasteiger partial charge on any atom is -0.394 e. The van der Waals surface area contributed by atoms with Crippen LogP contribution in [0.5, 0.6) is 0 Å². The SMILES string of the molecule is C[C@H]1CN(c2cc(S(=O)(=O)NC3(C)CC3)cn3c(-c4nnc(C(F)F)s4)cnc23)C[C@H](CO)O1. The van der Waals surface area contributed by atoms with E-state index in [1.807, 2.05) is 18.7 Å². The molecule has 5 rings (SSSR count). The van der Waals surface area contributed by atoms with Crippen LogP contribution in [-0.2, 0) is 14.8 Å². The standard InChI is InChI=1S/C20H24F2N6O4S2/c1-11-7-27(8-12(10-29)32-11)14-5-13(34(30,31)26-20(2)3-4-20)9-28-15(6-23-17(14)28)18-24-25-19(33-18)16(21)22/h5-6,9,11-12,16,26,29H,3-4,7-8,10H2,1-2H3/t11-,12+/m0/s1. The number of halogens is 2. The van der Waals surface area contributed by atoms with Crippen LogP contribution in [-0.4, -0.2) is 70.5 Å². The molecule has 0 unspecified atom stereocenters. The van der Waals surface area contributed by atoms with Crippen LogP contribution in [0.1, 0.15) is 38.1 Å². The molecule has 0 radical (unpaired) electrons. The summed E-state index contributed by atoms with van der Waals surface area (Å²) in [6.07, 6.45) is 0.973. The van der Waals surface area contributed by atoms with Crippen molar-refractivity contribution >= 4 is 32.7 Å². The molecule has 1 aliphatic carbocycles. The first-order valence-electron chi connectivity index (χ1n) is 10.8. The van der Waals surface area contributed by atoms with Crippen LogP contribution >= 0.6 is 11.3 Å². The van der Waals surface area contributed by atoms with E-state index in [9.17, 15) is 22.3 Å². The van der Waals surface area contributed by atoms with Gasteiger partial charge in [-0.2, -0.15) is 0 Å². The van der Waals surface area contributed by atoms with Crippen LogP contribution in [0.2, 0.25) is 0 Å². The third kappa shape index (κ3) is 4.40. The molecule has 2 aliphatic rings. The number of hydrogen-bond acceptors (Lipinski definition) is 9. The highest BCUT2D eigenvalue weighted by atomic mass is 32.2. The number of aliphatic hydroxyl groups is 1. The van der Waals surface area contributed by atoms with Crippen LogP contribution in [0.25, 0.3) is 16.3 Å². The average Bonchev–Trinajstić information content (AvgIpc) is 3.18. The van der Waals surface area contributed by atoms with Crippen molar-refractivity contribution in [1.29, 1.82) is 0 Å². The predicted octanol–water partition coefficient (Wildman–Crippen LogP) is 2.21. The summed E-state index contributed by atoms with van der Waals surface area (Å²) >= 11 is 0.728. The molecule has 0 bridgehead atoms. The molecule has 4 heterocycles. The lowest BCUT2D eigenvalue weighted by molar-refractivity contribution is -0.0420. The molecule has 0 aromatic carbocycles. The van der Waals surface area contributed by atoms with Gasteiger partial charge in [0.25, 0.3) is 6.43 Å². The fourth-order valence-electron chi connectivity index (χ4n) is 4.02. The largest absolute Gasteiger partial charge is 0.394 e. The minimum absolute atomic E-state index is 0.0145. The van der Waals surface area contributed by atoms with Crippen molar-refractivity contribution in [3.8, 4) is 10.7 Å². The quantitative estimate of drug-likeness (QED) is 0.492. The summed E-state index contributed by atoms with van der Waals surface area (Å²) < 4.78 is 62.7. The van der Waals surface area contributed by atoms with E-state index in [2.05, 4.69) is 19.9 Å². The third-order valence-corrected chi connectivity index (χ3v) is 8.53. The third-order valence-electron chi connectivity index (χ3n) is 5.97. The zero-order chi connectivity index (χ0) is 24.3. The Bertz CT molecular complexity index is 1320. The van der Waals surface area contributed by atoms with E-state index in [1.165, 1.54) is 12.4 Å². The second kappa shape index (κ2) is 8.45. The molecule has 0 spiro atoms. The number of hydrogen-bond donors (Lipinski definition) is 2. The van der Waals surface area contributed by atoms with Gasteiger partial charge in [0.05, 0.1) is 30.7 Å². The molecule has 14 heteroatoms. The maximum absolute atomic E-state index is 13.3. The van der Waals surface area contributed by atoms with E-state index in [-0.39, 0.29) is 22.6 Å². The lowest BCUT2D eigenvalue weighted by atomic mass is 10.2. The van der Waals surface area contributed by atoms with Crippen LogP contribution in [0.15, 0.2) is 23.4 Å². The molecule has 10 nitrogen and oxygen atoms in total. The van der Waals surface area contributed by atoms with Crippen LogP contribution in [0.4, 0.5) is 14.5 Å². The fraction of sp³-hybridized carbons (Fsp3) is 0.550. The summed E-state index contributed by atoms with van der Waals surface area (Å²) in [4.78, 5) is 6.40. The van der Waals surface area contributed by atoms with E-state index in [1.54, 1.807) is 10.5 Å². The van der Waals surface area contributed by atoms with Crippen molar-refractivity contribution in [2.75, 3.05) is 24.6 Å². The Morgan fingerprint density at radius 1 is 1.35 bits per heavy atom. The molecule has 2 N–H and O–H groups in total. The van der Waals surface area contributed by atoms with Gasteiger partial charge in [-0.25, -0.2) is 26.9 Å². The average molecular weight is 515 g/mol. The van der Waals surface area contributed by atoms with Gasteiger partial charge in [0.2, 0.25) is 10.0 Å². The number of fused-ring (bicyclic) bond motifs is 1. The molecule has 2 atom stereocenters. The summed E-state index contributed by atoms with van der Waals surface area (Å²) in [5, 5.41) is 16.8. The van der Waals surface area contributed by atoms with Gasteiger partial charge in [0.1, 0.15) is 10.6 Å². The monoisotopic (exact) mass is 514 g/mol. The number of aliphatic hydroxyl groups excluding tert-OH is 1. The van der Waals surface area contributed by atoms with Crippen molar-refractivity contribution in [2.24, 2.45) is 0 Å². The van der Waals surface area contributed by atoms with Crippen LogP contribution < -0.4 is 9.62 Å². The van der Waals surface area contributed by atoms with Gasteiger partial charge in [-0.1, -0.05) is 11.3 Å². The molecule has 184 valence electrons. The highest BCUT2D eigenvalue weighted by Gasteiger charge is 2.41. The second-order valence-corrected chi connectivity index (χ2v) is 11.7. The smallest absolute Gasteiger partial charge is 0.291 e. The molecule has 0 amide bonds. The summed E-state index contributed by atoms with van der Waals surface area (Å²) in [5.74, 6) is 0. The Morgan fingerprint density at radius 2 is 2.12 bits per heavy atom. The van der Waals surface area contributed by atoms with E-state index in [0.29, 0.717) is 30.1 Å². The van der Waals surface area contributed by atoms with Gasteiger partial charge >= 0.3 is 0 Å². The molecule has 1 aliphatic heterocycles. The van der Waals surface area contributed by atoms with Crippen molar-refractivity contribution in [2.45, 2.75) is 55.8 Å². The summed E-state index contributed by atoms with van der Waals surface area (Å²) in [6.45, 7) is 4.32. The molecule has 34 heavy (non-hydrogen) atoms. The number of aromatic nitrogens is 4. The molecule has 2 fully saturated rings. The number of morpholine rings is 1. The van der Waals surface area contributed by atoms with Gasteiger partial charge in [-0.05, 0) is 32.8 Å². The maximum Gasteiger partial charge on any atom is 0.291 e. The van der Waals surface area contributed by atoms with Crippen molar-refractivity contribution in [3.05, 3.63) is 23.5 Å². The lowest BCUT2D eigenvalue weighted by Crippen LogP contribution is -2.48. The van der Waals surface area contributed by atoms with Crippen molar-refractivity contribution < 1.29 is 27.0 Å². The molecular formula is C20H24F2N6O4S2. The van der Waals surface area contributed by atoms with Gasteiger partial charge in [0.15, 0.2) is 15.7 Å². The van der Waals surface area contributed by atoms with Crippen LogP contribution in [0.3, 0.4) is 0 Å². The highest BCUT2D eigenvalue weighted by Crippen LogP contribution is 2.38. The minimum atomic E-state index is -3.88. The Balaban J connectivity index is 1.66. The Labute approximate surface area is 198 Å². The number of alkyl halides is 2. The zero-order valence-corrected chi connectivity index (χ0v) is 20.1. The number of anilines is 1.